The topological polar surface area (TPSA) is 110 Å². The molecule has 2 aromatic heterocycles. The first-order valence-corrected chi connectivity index (χ1v) is 6.92. The lowest BCUT2D eigenvalue weighted by atomic mass is 10.3. The van der Waals surface area contributed by atoms with Gasteiger partial charge in [-0.1, -0.05) is 6.07 Å². The van der Waals surface area contributed by atoms with E-state index in [0.717, 1.165) is 5.56 Å². The van der Waals surface area contributed by atoms with Crippen molar-refractivity contribution in [2.75, 3.05) is 5.43 Å². The zero-order valence-electron chi connectivity index (χ0n) is 9.95. The summed E-state index contributed by atoms with van der Waals surface area (Å²) < 4.78 is 26.6. The van der Waals surface area contributed by atoms with Crippen molar-refractivity contribution in [2.24, 2.45) is 5.84 Å². The van der Waals surface area contributed by atoms with Gasteiger partial charge in [0, 0.05) is 25.1 Å². The molecule has 0 radical (unpaired) electrons. The van der Waals surface area contributed by atoms with Gasteiger partial charge in [-0.2, -0.15) is 0 Å². The van der Waals surface area contributed by atoms with Crippen molar-refractivity contribution in [3.63, 3.8) is 0 Å². The molecular formula is C11H13N5O2S. The summed E-state index contributed by atoms with van der Waals surface area (Å²) in [5.41, 5.74) is 3.30. The molecule has 7 nitrogen and oxygen atoms in total. The first-order valence-electron chi connectivity index (χ1n) is 5.43. The quantitative estimate of drug-likeness (QED) is 0.534. The van der Waals surface area contributed by atoms with Crippen molar-refractivity contribution in [1.29, 1.82) is 0 Å². The van der Waals surface area contributed by atoms with Crippen LogP contribution < -0.4 is 16.0 Å². The molecule has 0 fully saturated rings. The van der Waals surface area contributed by atoms with Gasteiger partial charge in [0.25, 0.3) is 10.0 Å². The van der Waals surface area contributed by atoms with Crippen molar-refractivity contribution in [1.82, 2.24) is 14.7 Å². The molecule has 4 N–H and O–H groups in total. The first-order chi connectivity index (χ1) is 9.13. The van der Waals surface area contributed by atoms with E-state index in [1.165, 1.54) is 12.3 Å². The van der Waals surface area contributed by atoms with Gasteiger partial charge < -0.3 is 5.43 Å². The van der Waals surface area contributed by atoms with Crippen LogP contribution in [-0.4, -0.2) is 18.4 Å². The van der Waals surface area contributed by atoms with E-state index in [1.54, 1.807) is 30.6 Å². The second-order valence-electron chi connectivity index (χ2n) is 3.69. The number of nitrogens with zero attached hydrogens (tertiary/aromatic N) is 2. The molecule has 2 rings (SSSR count). The molecule has 0 atom stereocenters. The highest BCUT2D eigenvalue weighted by molar-refractivity contribution is 7.89. The van der Waals surface area contributed by atoms with Gasteiger partial charge in [-0.15, -0.1) is 0 Å². The van der Waals surface area contributed by atoms with E-state index in [0.29, 0.717) is 0 Å². The summed E-state index contributed by atoms with van der Waals surface area (Å²) >= 11 is 0. The molecule has 0 bridgehead atoms. The van der Waals surface area contributed by atoms with Crippen molar-refractivity contribution < 1.29 is 8.42 Å². The minimum absolute atomic E-state index is 0.136. The van der Waals surface area contributed by atoms with Crippen LogP contribution in [0.5, 0.6) is 0 Å². The van der Waals surface area contributed by atoms with Gasteiger partial charge in [0.05, 0.1) is 5.69 Å². The molecule has 0 saturated carbocycles. The highest BCUT2D eigenvalue weighted by Crippen LogP contribution is 2.16. The number of nitrogens with two attached hydrogens (primary N) is 1. The van der Waals surface area contributed by atoms with Crippen LogP contribution in [0.4, 0.5) is 5.69 Å². The molecule has 2 heterocycles. The number of pyridine rings is 2. The molecule has 0 amide bonds. The van der Waals surface area contributed by atoms with Crippen LogP contribution >= 0.6 is 0 Å². The molecule has 0 aliphatic carbocycles. The van der Waals surface area contributed by atoms with Crippen molar-refractivity contribution in [3.05, 3.63) is 48.4 Å². The summed E-state index contributed by atoms with van der Waals surface area (Å²) in [4.78, 5) is 7.73. The standard InChI is InChI=1S/C11H13N5O2S/c12-16-10-4-2-6-14-11(10)19(17,18)15-8-9-3-1-5-13-7-9/h1-7,15-16H,8,12H2. The minimum Gasteiger partial charge on any atom is -0.321 e. The maximum atomic E-state index is 12.1. The fraction of sp³-hybridized carbons (Fsp3) is 0.0909. The summed E-state index contributed by atoms with van der Waals surface area (Å²) in [7, 11) is -3.73. The Hall–Kier alpha value is -2.03. The van der Waals surface area contributed by atoms with Crippen molar-refractivity contribution >= 4 is 15.7 Å². The zero-order valence-corrected chi connectivity index (χ0v) is 10.8. The molecule has 0 unspecified atom stereocenters. The van der Waals surface area contributed by atoms with E-state index < -0.39 is 10.0 Å². The van der Waals surface area contributed by atoms with E-state index in [1.807, 2.05) is 0 Å². The van der Waals surface area contributed by atoms with E-state index in [9.17, 15) is 8.42 Å². The SMILES string of the molecule is NNc1cccnc1S(=O)(=O)NCc1cccnc1. The maximum Gasteiger partial charge on any atom is 0.260 e. The summed E-state index contributed by atoms with van der Waals surface area (Å²) in [6.07, 6.45) is 4.59. The number of nitrogens with one attached hydrogen (secondary N) is 2. The highest BCUT2D eigenvalue weighted by Gasteiger charge is 2.19. The number of hydrazine groups is 1. The van der Waals surface area contributed by atoms with Gasteiger partial charge >= 0.3 is 0 Å². The van der Waals surface area contributed by atoms with Gasteiger partial charge in [0.15, 0.2) is 5.03 Å². The molecular weight excluding hydrogens is 266 g/mol. The average molecular weight is 279 g/mol. The van der Waals surface area contributed by atoms with Crippen molar-refractivity contribution in [2.45, 2.75) is 11.6 Å². The van der Waals surface area contributed by atoms with Crippen LogP contribution in [0.2, 0.25) is 0 Å². The average Bonchev–Trinajstić information content (AvgIpc) is 2.46. The Morgan fingerprint density at radius 2 is 2.00 bits per heavy atom. The van der Waals surface area contributed by atoms with Crippen LogP contribution in [0, 0.1) is 0 Å². The third-order valence-electron chi connectivity index (χ3n) is 2.37. The summed E-state index contributed by atoms with van der Waals surface area (Å²) in [6, 6.07) is 6.63. The van der Waals surface area contributed by atoms with Gasteiger partial charge in [-0.3, -0.25) is 10.8 Å². The second kappa shape index (κ2) is 5.74. The molecule has 0 spiro atoms. The largest absolute Gasteiger partial charge is 0.321 e. The number of rotatable bonds is 5. The van der Waals surface area contributed by atoms with Gasteiger partial charge in [-0.25, -0.2) is 18.1 Å². The monoisotopic (exact) mass is 279 g/mol. The maximum absolute atomic E-state index is 12.1. The molecule has 100 valence electrons. The summed E-state index contributed by atoms with van der Waals surface area (Å²) in [6.45, 7) is 0.136. The Kier molecular flexibility index (Phi) is 4.05. The molecule has 19 heavy (non-hydrogen) atoms. The first kappa shape index (κ1) is 13.4. The normalized spacial score (nSPS) is 11.2. The number of sulfonamides is 1. The van der Waals surface area contributed by atoms with E-state index in [2.05, 4.69) is 20.1 Å². The lowest BCUT2D eigenvalue weighted by Crippen LogP contribution is -2.26. The fourth-order valence-corrected chi connectivity index (χ4v) is 2.57. The third-order valence-corrected chi connectivity index (χ3v) is 3.73. The molecule has 2 aromatic rings. The molecule has 0 aliphatic heterocycles. The minimum atomic E-state index is -3.73. The van der Waals surface area contributed by atoms with Crippen LogP contribution in [0.15, 0.2) is 47.9 Å². The number of hydrogen-bond acceptors (Lipinski definition) is 6. The Balaban J connectivity index is 2.19. The number of aromatic nitrogens is 2. The Morgan fingerprint density at radius 3 is 2.68 bits per heavy atom. The van der Waals surface area contributed by atoms with Gasteiger partial charge in [0.2, 0.25) is 0 Å². The summed E-state index contributed by atoms with van der Waals surface area (Å²) in [5, 5.41) is -0.138. The van der Waals surface area contributed by atoms with E-state index in [4.69, 9.17) is 5.84 Å². The lowest BCUT2D eigenvalue weighted by Gasteiger charge is -2.09. The third kappa shape index (κ3) is 3.25. The summed E-state index contributed by atoms with van der Waals surface area (Å²) in [5.74, 6) is 5.26. The molecule has 0 aliphatic rings. The van der Waals surface area contributed by atoms with Crippen LogP contribution in [0.3, 0.4) is 0 Å². The predicted octanol–water partition coefficient (Wildman–Crippen LogP) is 0.241. The Morgan fingerprint density at radius 1 is 1.21 bits per heavy atom. The van der Waals surface area contributed by atoms with Crippen molar-refractivity contribution in [3.8, 4) is 0 Å². The van der Waals surface area contributed by atoms with E-state index in [-0.39, 0.29) is 17.3 Å². The van der Waals surface area contributed by atoms with Crippen LogP contribution in [-0.2, 0) is 16.6 Å². The second-order valence-corrected chi connectivity index (χ2v) is 5.37. The van der Waals surface area contributed by atoms with Gasteiger partial charge in [-0.05, 0) is 23.8 Å². The molecule has 0 aromatic carbocycles. The smallest absolute Gasteiger partial charge is 0.260 e. The number of anilines is 1. The number of nitrogen functional groups attached to an aromatic ring is 1. The van der Waals surface area contributed by atoms with Gasteiger partial charge in [0.1, 0.15) is 0 Å². The Bertz CT molecular complexity index is 645. The lowest BCUT2D eigenvalue weighted by molar-refractivity contribution is 0.577. The van der Waals surface area contributed by atoms with E-state index >= 15 is 0 Å². The fourth-order valence-electron chi connectivity index (χ4n) is 1.46. The molecule has 8 heteroatoms. The van der Waals surface area contributed by atoms with Crippen LogP contribution in [0.1, 0.15) is 5.56 Å². The molecule has 0 saturated heterocycles. The highest BCUT2D eigenvalue weighted by atomic mass is 32.2. The Labute approximate surface area is 110 Å². The number of hydrogen-bond donors (Lipinski definition) is 3. The zero-order chi connectivity index (χ0) is 13.7. The van der Waals surface area contributed by atoms with Crippen LogP contribution in [0.25, 0.3) is 0 Å². The predicted molar refractivity (Wildman–Crippen MR) is 70.3 cm³/mol.